The summed E-state index contributed by atoms with van der Waals surface area (Å²) < 4.78 is 0. The number of carboxylic acid groups (broad SMARTS) is 1. The van der Waals surface area contributed by atoms with Crippen molar-refractivity contribution in [2.45, 2.75) is 25.7 Å². The molecule has 2 aromatic carbocycles. The van der Waals surface area contributed by atoms with E-state index < -0.39 is 5.97 Å². The highest BCUT2D eigenvalue weighted by molar-refractivity contribution is 5.90. The van der Waals surface area contributed by atoms with Gasteiger partial charge in [0, 0.05) is 0 Å². The van der Waals surface area contributed by atoms with Crippen LogP contribution < -0.4 is 0 Å². The zero-order chi connectivity index (χ0) is 14.7. The van der Waals surface area contributed by atoms with E-state index in [-0.39, 0.29) is 0 Å². The van der Waals surface area contributed by atoms with Crippen molar-refractivity contribution in [1.29, 1.82) is 0 Å². The van der Waals surface area contributed by atoms with Gasteiger partial charge >= 0.3 is 5.97 Å². The third kappa shape index (κ3) is 2.89. The van der Waals surface area contributed by atoms with Gasteiger partial charge in [-0.05, 0) is 60.1 Å². The van der Waals surface area contributed by atoms with Crippen LogP contribution in [0.4, 0.5) is 0 Å². The first-order chi connectivity index (χ1) is 10.3. The van der Waals surface area contributed by atoms with E-state index in [1.165, 1.54) is 24.0 Å². The second kappa shape index (κ2) is 5.96. The summed E-state index contributed by atoms with van der Waals surface area (Å²) in [6.45, 7) is 0. The fourth-order valence-corrected chi connectivity index (χ4v) is 2.92. The molecular weight excluding hydrogens is 260 g/mol. The van der Waals surface area contributed by atoms with Crippen LogP contribution in [-0.2, 0) is 0 Å². The van der Waals surface area contributed by atoms with Crippen molar-refractivity contribution in [1.82, 2.24) is 0 Å². The van der Waals surface area contributed by atoms with Crippen LogP contribution in [0.3, 0.4) is 0 Å². The first-order valence-electron chi connectivity index (χ1n) is 7.38. The van der Waals surface area contributed by atoms with Gasteiger partial charge in [0.15, 0.2) is 0 Å². The predicted octanol–water partition coefficient (Wildman–Crippen LogP) is 5.01. The number of aromatic carboxylic acids is 1. The molecule has 3 rings (SSSR count). The zero-order valence-electron chi connectivity index (χ0n) is 11.9. The molecule has 2 aromatic rings. The van der Waals surface area contributed by atoms with Crippen LogP contribution in [-0.4, -0.2) is 11.1 Å². The highest BCUT2D eigenvalue weighted by atomic mass is 16.4. The Hall–Kier alpha value is -2.35. The van der Waals surface area contributed by atoms with Crippen LogP contribution in [0.15, 0.2) is 54.6 Å². The lowest BCUT2D eigenvalue weighted by Crippen LogP contribution is -1.98. The smallest absolute Gasteiger partial charge is 0.335 e. The molecule has 0 aliphatic heterocycles. The van der Waals surface area contributed by atoms with Gasteiger partial charge in [-0.15, -0.1) is 0 Å². The van der Waals surface area contributed by atoms with E-state index >= 15 is 0 Å². The molecule has 0 aromatic heterocycles. The number of benzene rings is 2. The fraction of sp³-hybridized carbons (Fsp3) is 0.211. The van der Waals surface area contributed by atoms with Crippen molar-refractivity contribution in [3.8, 4) is 11.1 Å². The Morgan fingerprint density at radius 1 is 0.952 bits per heavy atom. The predicted molar refractivity (Wildman–Crippen MR) is 85.3 cm³/mol. The second-order valence-electron chi connectivity index (χ2n) is 5.41. The van der Waals surface area contributed by atoms with Gasteiger partial charge < -0.3 is 5.11 Å². The molecule has 0 radical (unpaired) electrons. The Morgan fingerprint density at radius 2 is 1.76 bits per heavy atom. The number of hydrogen-bond donors (Lipinski definition) is 1. The SMILES string of the molecule is O=C(O)c1cccc(-c2ccccc2C2=CCCCC2)c1. The molecule has 0 fully saturated rings. The fourth-order valence-electron chi connectivity index (χ4n) is 2.92. The highest BCUT2D eigenvalue weighted by Crippen LogP contribution is 2.34. The van der Waals surface area contributed by atoms with Gasteiger partial charge in [0.1, 0.15) is 0 Å². The van der Waals surface area contributed by atoms with E-state index in [0.717, 1.165) is 24.0 Å². The van der Waals surface area contributed by atoms with Crippen LogP contribution in [0.5, 0.6) is 0 Å². The lowest BCUT2D eigenvalue weighted by Gasteiger charge is -2.17. The number of hydrogen-bond acceptors (Lipinski definition) is 1. The van der Waals surface area contributed by atoms with Gasteiger partial charge in [-0.3, -0.25) is 0 Å². The molecule has 2 nitrogen and oxygen atoms in total. The Balaban J connectivity index is 2.08. The summed E-state index contributed by atoms with van der Waals surface area (Å²) in [6, 6.07) is 15.5. The zero-order valence-corrected chi connectivity index (χ0v) is 11.9. The largest absolute Gasteiger partial charge is 0.478 e. The topological polar surface area (TPSA) is 37.3 Å². The Kier molecular flexibility index (Phi) is 3.87. The van der Waals surface area contributed by atoms with Crippen LogP contribution in [0, 0.1) is 0 Å². The third-order valence-corrected chi connectivity index (χ3v) is 3.98. The quantitative estimate of drug-likeness (QED) is 0.857. The number of carbonyl (C=O) groups is 1. The minimum absolute atomic E-state index is 0.333. The minimum Gasteiger partial charge on any atom is -0.478 e. The van der Waals surface area contributed by atoms with Gasteiger partial charge in [0.2, 0.25) is 0 Å². The lowest BCUT2D eigenvalue weighted by molar-refractivity contribution is 0.0697. The molecule has 2 heteroatoms. The van der Waals surface area contributed by atoms with E-state index in [9.17, 15) is 4.79 Å². The van der Waals surface area contributed by atoms with E-state index in [2.05, 4.69) is 24.3 Å². The second-order valence-corrected chi connectivity index (χ2v) is 5.41. The molecule has 0 amide bonds. The van der Waals surface area contributed by atoms with Crippen LogP contribution in [0.25, 0.3) is 16.7 Å². The Morgan fingerprint density at radius 3 is 2.48 bits per heavy atom. The molecule has 1 aliphatic rings. The maximum atomic E-state index is 11.2. The monoisotopic (exact) mass is 278 g/mol. The van der Waals surface area contributed by atoms with Gasteiger partial charge in [0.25, 0.3) is 0 Å². The first-order valence-corrected chi connectivity index (χ1v) is 7.38. The molecule has 0 atom stereocenters. The third-order valence-electron chi connectivity index (χ3n) is 3.98. The average molecular weight is 278 g/mol. The lowest BCUT2D eigenvalue weighted by atomic mass is 9.88. The summed E-state index contributed by atoms with van der Waals surface area (Å²) in [4.78, 5) is 11.2. The molecule has 0 saturated heterocycles. The van der Waals surface area contributed by atoms with Crippen molar-refractivity contribution < 1.29 is 9.90 Å². The van der Waals surface area contributed by atoms with Crippen molar-refractivity contribution in [2.24, 2.45) is 0 Å². The van der Waals surface area contributed by atoms with Crippen molar-refractivity contribution in [3.05, 3.63) is 65.7 Å². The Labute approximate surface area is 124 Å². The molecule has 0 heterocycles. The summed E-state index contributed by atoms with van der Waals surface area (Å²) >= 11 is 0. The molecule has 106 valence electrons. The number of carboxylic acids is 1. The maximum absolute atomic E-state index is 11.2. The molecule has 1 N–H and O–H groups in total. The minimum atomic E-state index is -0.883. The first kappa shape index (κ1) is 13.6. The molecular formula is C19H18O2. The maximum Gasteiger partial charge on any atom is 0.335 e. The van der Waals surface area contributed by atoms with Gasteiger partial charge in [-0.25, -0.2) is 4.79 Å². The van der Waals surface area contributed by atoms with Gasteiger partial charge in [-0.2, -0.15) is 0 Å². The van der Waals surface area contributed by atoms with Crippen molar-refractivity contribution >= 4 is 11.5 Å². The Bertz CT molecular complexity index is 698. The van der Waals surface area contributed by atoms with Gasteiger partial charge in [-0.1, -0.05) is 42.5 Å². The summed E-state index contributed by atoms with van der Waals surface area (Å²) in [5, 5.41) is 9.16. The molecule has 0 saturated carbocycles. The number of rotatable bonds is 3. The number of allylic oxidation sites excluding steroid dienone is 2. The molecule has 1 aliphatic carbocycles. The van der Waals surface area contributed by atoms with E-state index in [1.54, 1.807) is 12.1 Å². The summed E-state index contributed by atoms with van der Waals surface area (Å²) in [5.74, 6) is -0.883. The molecule has 0 unspecified atom stereocenters. The standard InChI is InChI=1S/C19H18O2/c20-19(21)16-10-6-9-15(13-16)18-12-5-4-11-17(18)14-7-2-1-3-8-14/h4-7,9-13H,1-3,8H2,(H,20,21). The van der Waals surface area contributed by atoms with E-state index in [1.807, 2.05) is 18.2 Å². The molecule has 0 bridgehead atoms. The van der Waals surface area contributed by atoms with Crippen LogP contribution in [0.1, 0.15) is 41.6 Å². The van der Waals surface area contributed by atoms with E-state index in [0.29, 0.717) is 5.56 Å². The molecule has 0 spiro atoms. The van der Waals surface area contributed by atoms with Crippen LogP contribution in [0.2, 0.25) is 0 Å². The van der Waals surface area contributed by atoms with Gasteiger partial charge in [0.05, 0.1) is 5.56 Å². The summed E-state index contributed by atoms with van der Waals surface area (Å²) in [7, 11) is 0. The van der Waals surface area contributed by atoms with Crippen molar-refractivity contribution in [3.63, 3.8) is 0 Å². The average Bonchev–Trinajstić information content (AvgIpc) is 2.56. The molecule has 21 heavy (non-hydrogen) atoms. The highest BCUT2D eigenvalue weighted by Gasteiger charge is 2.12. The van der Waals surface area contributed by atoms with Crippen LogP contribution >= 0.6 is 0 Å². The summed E-state index contributed by atoms with van der Waals surface area (Å²) in [5.41, 5.74) is 5.04. The van der Waals surface area contributed by atoms with E-state index in [4.69, 9.17) is 5.11 Å². The van der Waals surface area contributed by atoms with Crippen molar-refractivity contribution in [2.75, 3.05) is 0 Å². The normalized spacial score (nSPS) is 14.6. The summed E-state index contributed by atoms with van der Waals surface area (Å²) in [6.07, 6.45) is 7.06.